The van der Waals surface area contributed by atoms with Gasteiger partial charge in [-0.1, -0.05) is 0 Å². The Hall–Kier alpha value is -1.67. The van der Waals surface area contributed by atoms with Crippen LogP contribution in [-0.4, -0.2) is 39.4 Å². The SMILES string of the molecule is Cc1n[nH]c(C)c1S(=O)(=O)N1CCc2nc[nH]c2C1. The third kappa shape index (κ3) is 1.87. The first-order chi connectivity index (χ1) is 9.00. The number of aromatic nitrogens is 4. The molecule has 0 radical (unpaired) electrons. The second-order valence-corrected chi connectivity index (χ2v) is 6.55. The molecule has 2 aromatic rings. The van der Waals surface area contributed by atoms with Crippen molar-refractivity contribution < 1.29 is 8.42 Å². The topological polar surface area (TPSA) is 94.7 Å². The van der Waals surface area contributed by atoms with Gasteiger partial charge in [0.25, 0.3) is 0 Å². The van der Waals surface area contributed by atoms with E-state index in [4.69, 9.17) is 0 Å². The summed E-state index contributed by atoms with van der Waals surface area (Å²) in [5.41, 5.74) is 2.90. The van der Waals surface area contributed by atoms with E-state index >= 15 is 0 Å². The Labute approximate surface area is 111 Å². The van der Waals surface area contributed by atoms with E-state index in [1.165, 1.54) is 4.31 Å². The molecule has 3 heterocycles. The third-order valence-corrected chi connectivity index (χ3v) is 5.51. The van der Waals surface area contributed by atoms with Crippen molar-refractivity contribution in [2.75, 3.05) is 6.54 Å². The number of nitrogens with one attached hydrogen (secondary N) is 2. The maximum absolute atomic E-state index is 12.7. The summed E-state index contributed by atoms with van der Waals surface area (Å²) >= 11 is 0. The molecule has 0 spiro atoms. The molecule has 2 aromatic heterocycles. The average molecular weight is 281 g/mol. The summed E-state index contributed by atoms with van der Waals surface area (Å²) in [6.45, 7) is 4.20. The zero-order valence-corrected chi connectivity index (χ0v) is 11.6. The Bertz CT molecular complexity index is 696. The van der Waals surface area contributed by atoms with E-state index in [0.717, 1.165) is 11.4 Å². The number of fused-ring (bicyclic) bond motifs is 1. The molecule has 0 saturated carbocycles. The van der Waals surface area contributed by atoms with Crippen molar-refractivity contribution >= 4 is 10.0 Å². The molecular formula is C11H15N5O2S. The Morgan fingerprint density at radius 2 is 2.16 bits per heavy atom. The largest absolute Gasteiger partial charge is 0.347 e. The lowest BCUT2D eigenvalue weighted by Gasteiger charge is -2.25. The number of aryl methyl sites for hydroxylation is 2. The van der Waals surface area contributed by atoms with E-state index in [1.807, 2.05) is 0 Å². The number of hydrogen-bond acceptors (Lipinski definition) is 4. The van der Waals surface area contributed by atoms with Crippen LogP contribution in [0.25, 0.3) is 0 Å². The lowest BCUT2D eigenvalue weighted by atomic mass is 10.2. The smallest absolute Gasteiger partial charge is 0.247 e. The molecule has 0 saturated heterocycles. The van der Waals surface area contributed by atoms with Crippen molar-refractivity contribution in [3.63, 3.8) is 0 Å². The number of sulfonamides is 1. The summed E-state index contributed by atoms with van der Waals surface area (Å²) in [6, 6.07) is 0. The molecule has 0 bridgehead atoms. The van der Waals surface area contributed by atoms with Gasteiger partial charge in [-0.05, 0) is 13.8 Å². The molecule has 0 fully saturated rings. The Morgan fingerprint density at radius 1 is 1.37 bits per heavy atom. The molecule has 0 unspecified atom stereocenters. The number of imidazole rings is 1. The van der Waals surface area contributed by atoms with Gasteiger partial charge in [-0.25, -0.2) is 13.4 Å². The molecule has 0 amide bonds. The van der Waals surface area contributed by atoms with Crippen LogP contribution in [-0.2, 0) is 23.0 Å². The molecule has 2 N–H and O–H groups in total. The molecule has 1 aliphatic rings. The minimum absolute atomic E-state index is 0.287. The highest BCUT2D eigenvalue weighted by Crippen LogP contribution is 2.26. The van der Waals surface area contributed by atoms with Gasteiger partial charge in [0.1, 0.15) is 4.90 Å². The molecule has 19 heavy (non-hydrogen) atoms. The molecule has 102 valence electrons. The molecule has 0 aromatic carbocycles. The highest BCUT2D eigenvalue weighted by molar-refractivity contribution is 7.89. The average Bonchev–Trinajstić information content (AvgIpc) is 2.95. The summed E-state index contributed by atoms with van der Waals surface area (Å²) in [5, 5.41) is 6.68. The van der Waals surface area contributed by atoms with Gasteiger partial charge in [0.2, 0.25) is 10.0 Å². The van der Waals surface area contributed by atoms with Crippen LogP contribution in [0, 0.1) is 13.8 Å². The van der Waals surface area contributed by atoms with Crippen LogP contribution in [0.3, 0.4) is 0 Å². The zero-order valence-electron chi connectivity index (χ0n) is 10.8. The predicted molar refractivity (Wildman–Crippen MR) is 67.9 cm³/mol. The highest BCUT2D eigenvalue weighted by Gasteiger charge is 2.32. The first-order valence-corrected chi connectivity index (χ1v) is 7.47. The van der Waals surface area contributed by atoms with Crippen molar-refractivity contribution in [2.24, 2.45) is 0 Å². The van der Waals surface area contributed by atoms with Gasteiger partial charge < -0.3 is 4.98 Å². The van der Waals surface area contributed by atoms with Crippen LogP contribution in [0.1, 0.15) is 22.8 Å². The second-order valence-electron chi connectivity index (χ2n) is 4.68. The summed E-state index contributed by atoms with van der Waals surface area (Å²) in [6.07, 6.45) is 2.24. The minimum Gasteiger partial charge on any atom is -0.347 e. The van der Waals surface area contributed by atoms with Crippen LogP contribution in [0.4, 0.5) is 0 Å². The van der Waals surface area contributed by atoms with E-state index < -0.39 is 10.0 Å². The summed E-state index contributed by atoms with van der Waals surface area (Å²) in [5.74, 6) is 0. The van der Waals surface area contributed by atoms with Gasteiger partial charge >= 0.3 is 0 Å². The Balaban J connectivity index is 1.99. The number of H-pyrrole nitrogens is 2. The van der Waals surface area contributed by atoms with Crippen molar-refractivity contribution in [2.45, 2.75) is 31.7 Å². The number of aromatic amines is 2. The lowest BCUT2D eigenvalue weighted by molar-refractivity contribution is 0.385. The van der Waals surface area contributed by atoms with E-state index in [9.17, 15) is 8.42 Å². The molecule has 0 aliphatic carbocycles. The zero-order chi connectivity index (χ0) is 13.6. The number of nitrogens with zero attached hydrogens (tertiary/aromatic N) is 3. The summed E-state index contributed by atoms with van der Waals surface area (Å²) in [4.78, 5) is 7.46. The van der Waals surface area contributed by atoms with Crippen molar-refractivity contribution in [1.29, 1.82) is 0 Å². The first kappa shape index (κ1) is 12.4. The maximum atomic E-state index is 12.7. The Morgan fingerprint density at radius 3 is 2.84 bits per heavy atom. The van der Waals surface area contributed by atoms with Crippen LogP contribution in [0.5, 0.6) is 0 Å². The molecule has 3 rings (SSSR count). The molecule has 8 heteroatoms. The lowest BCUT2D eigenvalue weighted by Crippen LogP contribution is -2.36. The number of rotatable bonds is 2. The fourth-order valence-electron chi connectivity index (χ4n) is 2.44. The van der Waals surface area contributed by atoms with Crippen LogP contribution < -0.4 is 0 Å². The fraction of sp³-hybridized carbons (Fsp3) is 0.455. The molecule has 0 atom stereocenters. The van der Waals surface area contributed by atoms with Crippen LogP contribution in [0.15, 0.2) is 11.2 Å². The van der Waals surface area contributed by atoms with E-state index in [-0.39, 0.29) is 4.90 Å². The van der Waals surface area contributed by atoms with Crippen molar-refractivity contribution in [1.82, 2.24) is 24.5 Å². The molecular weight excluding hydrogens is 266 g/mol. The van der Waals surface area contributed by atoms with Gasteiger partial charge in [0.05, 0.1) is 35.6 Å². The summed E-state index contributed by atoms with van der Waals surface area (Å²) < 4.78 is 26.8. The quantitative estimate of drug-likeness (QED) is 0.838. The maximum Gasteiger partial charge on any atom is 0.247 e. The van der Waals surface area contributed by atoms with E-state index in [0.29, 0.717) is 30.9 Å². The van der Waals surface area contributed by atoms with E-state index in [2.05, 4.69) is 20.2 Å². The molecule has 1 aliphatic heterocycles. The molecule has 7 nitrogen and oxygen atoms in total. The fourth-order valence-corrected chi connectivity index (χ4v) is 4.18. The first-order valence-electron chi connectivity index (χ1n) is 6.03. The Kier molecular flexibility index (Phi) is 2.72. The van der Waals surface area contributed by atoms with Crippen LogP contribution >= 0.6 is 0 Å². The predicted octanol–water partition coefficient (Wildman–Crippen LogP) is 0.497. The second kappa shape index (κ2) is 4.17. The minimum atomic E-state index is -3.51. The number of hydrogen-bond donors (Lipinski definition) is 2. The van der Waals surface area contributed by atoms with Gasteiger partial charge in [0.15, 0.2) is 0 Å². The van der Waals surface area contributed by atoms with Gasteiger partial charge in [-0.15, -0.1) is 0 Å². The van der Waals surface area contributed by atoms with Gasteiger partial charge in [0, 0.05) is 13.0 Å². The summed E-state index contributed by atoms with van der Waals surface area (Å²) in [7, 11) is -3.51. The normalized spacial score (nSPS) is 16.5. The highest BCUT2D eigenvalue weighted by atomic mass is 32.2. The van der Waals surface area contributed by atoms with E-state index in [1.54, 1.807) is 20.2 Å². The van der Waals surface area contributed by atoms with Gasteiger partial charge in [-0.2, -0.15) is 9.40 Å². The van der Waals surface area contributed by atoms with Crippen LogP contribution in [0.2, 0.25) is 0 Å². The van der Waals surface area contributed by atoms with Crippen molar-refractivity contribution in [3.8, 4) is 0 Å². The van der Waals surface area contributed by atoms with Crippen molar-refractivity contribution in [3.05, 3.63) is 29.1 Å². The standard InChI is InChI=1S/C11H15N5O2S/c1-7-11(8(2)15-14-7)19(17,18)16-4-3-9-10(5-16)13-6-12-9/h6H,3-5H2,1-2H3,(H,12,13)(H,14,15). The van der Waals surface area contributed by atoms with Gasteiger partial charge in [-0.3, -0.25) is 5.10 Å². The monoisotopic (exact) mass is 281 g/mol. The third-order valence-electron chi connectivity index (χ3n) is 3.40.